The van der Waals surface area contributed by atoms with Crippen LogP contribution in [-0.2, 0) is 16.6 Å². The van der Waals surface area contributed by atoms with Gasteiger partial charge in [0.2, 0.25) is 10.0 Å². The van der Waals surface area contributed by atoms with E-state index in [9.17, 15) is 13.2 Å². The van der Waals surface area contributed by atoms with Crippen molar-refractivity contribution in [1.82, 2.24) is 9.62 Å². The lowest BCUT2D eigenvalue weighted by atomic mass is 10.1. The molecule has 1 aliphatic rings. The first-order chi connectivity index (χ1) is 13.3. The molecule has 1 unspecified atom stereocenters. The molecular formula is C21H26N2O4S. The highest BCUT2D eigenvalue weighted by molar-refractivity contribution is 7.88. The highest BCUT2D eigenvalue weighted by Crippen LogP contribution is 2.17. The van der Waals surface area contributed by atoms with Crippen molar-refractivity contribution < 1.29 is 17.9 Å². The fraction of sp³-hybridized carbons (Fsp3) is 0.381. The normalized spacial score (nSPS) is 17.9. The Bertz CT molecular complexity index is 943. The van der Waals surface area contributed by atoms with E-state index >= 15 is 0 Å². The van der Waals surface area contributed by atoms with Crippen molar-refractivity contribution in [3.63, 3.8) is 0 Å². The number of amides is 1. The number of aryl methyl sites for hydroxylation is 1. The minimum Gasteiger partial charge on any atom is -0.489 e. The number of benzene rings is 2. The highest BCUT2D eigenvalue weighted by Gasteiger charge is 2.27. The molecule has 150 valence electrons. The second-order valence-corrected chi connectivity index (χ2v) is 9.22. The maximum Gasteiger partial charge on any atom is 0.251 e. The quantitative estimate of drug-likeness (QED) is 0.806. The molecule has 3 rings (SSSR count). The maximum absolute atomic E-state index is 12.6. The number of hydrogen-bond acceptors (Lipinski definition) is 4. The first-order valence-electron chi connectivity index (χ1n) is 9.35. The molecule has 0 radical (unpaired) electrons. The summed E-state index contributed by atoms with van der Waals surface area (Å²) in [5.41, 5.74) is 2.74. The Balaban J connectivity index is 1.60. The van der Waals surface area contributed by atoms with Gasteiger partial charge in [-0.25, -0.2) is 12.7 Å². The van der Waals surface area contributed by atoms with Crippen LogP contribution in [0, 0.1) is 6.92 Å². The minimum atomic E-state index is -3.24. The smallest absolute Gasteiger partial charge is 0.251 e. The van der Waals surface area contributed by atoms with Crippen LogP contribution in [0.2, 0.25) is 0 Å². The summed E-state index contributed by atoms with van der Waals surface area (Å²) in [5, 5.41) is 2.95. The average Bonchev–Trinajstić information content (AvgIpc) is 2.66. The summed E-state index contributed by atoms with van der Waals surface area (Å²) in [7, 11) is -3.24. The summed E-state index contributed by atoms with van der Waals surface area (Å²) >= 11 is 0. The summed E-state index contributed by atoms with van der Waals surface area (Å²) in [4.78, 5) is 12.6. The molecule has 1 fully saturated rings. The number of hydrogen-bond donors (Lipinski definition) is 1. The molecule has 1 amide bonds. The van der Waals surface area contributed by atoms with Crippen LogP contribution < -0.4 is 10.1 Å². The number of carbonyl (C=O) groups excluding carboxylic acids is 1. The van der Waals surface area contributed by atoms with Gasteiger partial charge < -0.3 is 10.1 Å². The van der Waals surface area contributed by atoms with Crippen LogP contribution in [0.3, 0.4) is 0 Å². The second-order valence-electron chi connectivity index (χ2n) is 7.24. The number of carbonyl (C=O) groups is 1. The fourth-order valence-corrected chi connectivity index (χ4v) is 4.24. The van der Waals surface area contributed by atoms with Crippen molar-refractivity contribution in [2.75, 3.05) is 19.3 Å². The van der Waals surface area contributed by atoms with E-state index in [4.69, 9.17) is 4.74 Å². The zero-order valence-electron chi connectivity index (χ0n) is 16.2. The molecule has 28 heavy (non-hydrogen) atoms. The summed E-state index contributed by atoms with van der Waals surface area (Å²) in [5.74, 6) is 0.400. The highest BCUT2D eigenvalue weighted by atomic mass is 32.2. The Morgan fingerprint density at radius 3 is 2.75 bits per heavy atom. The van der Waals surface area contributed by atoms with Crippen molar-refractivity contribution in [3.8, 4) is 5.75 Å². The monoisotopic (exact) mass is 402 g/mol. The SMILES string of the molecule is Cc1cccc(COc2cccc(C(=O)NC3CCCN(S(C)(=O)=O)C3)c2)c1. The molecule has 1 aliphatic heterocycles. The van der Waals surface area contributed by atoms with E-state index in [1.165, 1.54) is 16.1 Å². The Hall–Kier alpha value is -2.38. The molecule has 1 atom stereocenters. The minimum absolute atomic E-state index is 0.187. The van der Waals surface area contributed by atoms with Gasteiger partial charge in [0.1, 0.15) is 12.4 Å². The van der Waals surface area contributed by atoms with E-state index in [1.807, 2.05) is 31.2 Å². The topological polar surface area (TPSA) is 75.7 Å². The van der Waals surface area contributed by atoms with Crippen LogP contribution >= 0.6 is 0 Å². The number of piperidine rings is 1. The third-order valence-electron chi connectivity index (χ3n) is 4.77. The molecule has 0 aromatic heterocycles. The molecule has 0 bridgehead atoms. The van der Waals surface area contributed by atoms with Crippen LogP contribution in [-0.4, -0.2) is 44.0 Å². The first kappa shape index (κ1) is 20.4. The van der Waals surface area contributed by atoms with E-state index in [0.29, 0.717) is 31.0 Å². The van der Waals surface area contributed by atoms with Crippen LogP contribution in [0.1, 0.15) is 34.3 Å². The molecule has 1 N–H and O–H groups in total. The van der Waals surface area contributed by atoms with E-state index in [2.05, 4.69) is 11.4 Å². The molecular weight excluding hydrogens is 376 g/mol. The molecule has 1 heterocycles. The fourth-order valence-electron chi connectivity index (χ4n) is 3.33. The van der Waals surface area contributed by atoms with Gasteiger partial charge in [-0.3, -0.25) is 4.79 Å². The van der Waals surface area contributed by atoms with Crippen LogP contribution in [0.15, 0.2) is 48.5 Å². The predicted molar refractivity (Wildman–Crippen MR) is 109 cm³/mol. The largest absolute Gasteiger partial charge is 0.489 e. The van der Waals surface area contributed by atoms with Crippen molar-refractivity contribution in [3.05, 3.63) is 65.2 Å². The zero-order valence-corrected chi connectivity index (χ0v) is 17.0. The average molecular weight is 403 g/mol. The van der Waals surface area contributed by atoms with Gasteiger partial charge in [0.05, 0.1) is 6.26 Å². The van der Waals surface area contributed by atoms with Gasteiger partial charge in [0, 0.05) is 24.7 Å². The molecule has 1 saturated heterocycles. The number of nitrogens with zero attached hydrogens (tertiary/aromatic N) is 1. The van der Waals surface area contributed by atoms with Gasteiger partial charge in [-0.1, -0.05) is 35.9 Å². The number of nitrogens with one attached hydrogen (secondary N) is 1. The van der Waals surface area contributed by atoms with Gasteiger partial charge in [0.15, 0.2) is 0 Å². The summed E-state index contributed by atoms with van der Waals surface area (Å²) in [6, 6.07) is 14.9. The van der Waals surface area contributed by atoms with E-state index in [-0.39, 0.29) is 11.9 Å². The van der Waals surface area contributed by atoms with Crippen molar-refractivity contribution in [1.29, 1.82) is 0 Å². The molecule has 0 saturated carbocycles. The van der Waals surface area contributed by atoms with Gasteiger partial charge in [-0.15, -0.1) is 0 Å². The van der Waals surface area contributed by atoms with Crippen molar-refractivity contribution in [2.45, 2.75) is 32.4 Å². The van der Waals surface area contributed by atoms with E-state index in [0.717, 1.165) is 18.4 Å². The third kappa shape index (κ3) is 5.56. The lowest BCUT2D eigenvalue weighted by Crippen LogP contribution is -2.49. The molecule has 2 aromatic rings. The van der Waals surface area contributed by atoms with Crippen LogP contribution in [0.25, 0.3) is 0 Å². The number of rotatable bonds is 6. The summed E-state index contributed by atoms with van der Waals surface area (Å²) < 4.78 is 30.7. The molecule has 7 heteroatoms. The Labute approximate surface area is 166 Å². The van der Waals surface area contributed by atoms with E-state index in [1.54, 1.807) is 18.2 Å². The third-order valence-corrected chi connectivity index (χ3v) is 6.04. The first-order valence-corrected chi connectivity index (χ1v) is 11.2. The standard InChI is InChI=1S/C21H26N2O4S/c1-16-6-3-7-17(12-16)15-27-20-10-4-8-18(13-20)21(24)22-19-9-5-11-23(14-19)28(2,25)26/h3-4,6-8,10,12-13,19H,5,9,11,14-15H2,1-2H3,(H,22,24). The molecule has 0 spiro atoms. The Morgan fingerprint density at radius 2 is 2.00 bits per heavy atom. The summed E-state index contributed by atoms with van der Waals surface area (Å²) in [6.07, 6.45) is 2.70. The van der Waals surface area contributed by atoms with Crippen molar-refractivity contribution in [2.24, 2.45) is 0 Å². The van der Waals surface area contributed by atoms with Crippen molar-refractivity contribution >= 4 is 15.9 Å². The number of sulfonamides is 1. The van der Waals surface area contributed by atoms with Crippen LogP contribution in [0.4, 0.5) is 0 Å². The predicted octanol–water partition coefficient (Wildman–Crippen LogP) is 2.73. The van der Waals surface area contributed by atoms with Gasteiger partial charge in [0.25, 0.3) is 5.91 Å². The maximum atomic E-state index is 12.6. The van der Waals surface area contributed by atoms with Crippen LogP contribution in [0.5, 0.6) is 5.75 Å². The van der Waals surface area contributed by atoms with Gasteiger partial charge in [-0.2, -0.15) is 0 Å². The second kappa shape index (κ2) is 8.75. The van der Waals surface area contributed by atoms with E-state index < -0.39 is 10.0 Å². The lowest BCUT2D eigenvalue weighted by Gasteiger charge is -2.31. The zero-order chi connectivity index (χ0) is 20.1. The van der Waals surface area contributed by atoms with Gasteiger partial charge in [-0.05, 0) is 43.5 Å². The van der Waals surface area contributed by atoms with Gasteiger partial charge >= 0.3 is 0 Å². The Kier molecular flexibility index (Phi) is 6.36. The Morgan fingerprint density at radius 1 is 1.21 bits per heavy atom. The number of ether oxygens (including phenoxy) is 1. The summed E-state index contributed by atoms with van der Waals surface area (Å²) in [6.45, 7) is 3.28. The lowest BCUT2D eigenvalue weighted by molar-refractivity contribution is 0.0921. The molecule has 0 aliphatic carbocycles. The molecule has 2 aromatic carbocycles. The molecule has 6 nitrogen and oxygen atoms in total.